The van der Waals surface area contributed by atoms with E-state index in [2.05, 4.69) is 4.98 Å². The van der Waals surface area contributed by atoms with Gasteiger partial charge in [-0.05, 0) is 29.8 Å². The van der Waals surface area contributed by atoms with Gasteiger partial charge >= 0.3 is 0 Å². The van der Waals surface area contributed by atoms with Gasteiger partial charge < -0.3 is 4.90 Å². The van der Waals surface area contributed by atoms with Crippen molar-refractivity contribution >= 4 is 38.0 Å². The number of amides is 1. The molecule has 28 heavy (non-hydrogen) atoms. The summed E-state index contributed by atoms with van der Waals surface area (Å²) in [6, 6.07) is 12.9. The number of aromatic nitrogens is 1. The lowest BCUT2D eigenvalue weighted by atomic mass is 10.1. The van der Waals surface area contributed by atoms with Crippen molar-refractivity contribution in [3.8, 4) is 0 Å². The number of fused-ring (bicyclic) bond motifs is 1. The molecule has 1 saturated heterocycles. The predicted octanol–water partition coefficient (Wildman–Crippen LogP) is 2.68. The van der Waals surface area contributed by atoms with Crippen LogP contribution >= 0.6 is 11.3 Å². The Balaban J connectivity index is 1.43. The van der Waals surface area contributed by atoms with Crippen LogP contribution in [0.25, 0.3) is 10.8 Å². The van der Waals surface area contributed by atoms with E-state index in [1.54, 1.807) is 17.0 Å². The van der Waals surface area contributed by atoms with Crippen molar-refractivity contribution < 1.29 is 13.2 Å². The van der Waals surface area contributed by atoms with Gasteiger partial charge in [-0.3, -0.25) is 4.79 Å². The highest BCUT2D eigenvalue weighted by molar-refractivity contribution is 7.89. The fraction of sp³-hybridized carbons (Fsp3) is 0.300. The molecule has 6 nitrogen and oxygen atoms in total. The third kappa shape index (κ3) is 3.80. The molecule has 3 aromatic rings. The lowest BCUT2D eigenvalue weighted by Crippen LogP contribution is -2.50. The number of thiazole rings is 1. The minimum Gasteiger partial charge on any atom is -0.340 e. The average molecular weight is 416 g/mol. The van der Waals surface area contributed by atoms with Crippen molar-refractivity contribution in [2.45, 2.75) is 18.2 Å². The van der Waals surface area contributed by atoms with E-state index in [1.165, 1.54) is 15.6 Å². The van der Waals surface area contributed by atoms with Gasteiger partial charge in [-0.1, -0.05) is 30.3 Å². The summed E-state index contributed by atoms with van der Waals surface area (Å²) in [5.74, 6) is -0.00643. The molecule has 0 saturated carbocycles. The summed E-state index contributed by atoms with van der Waals surface area (Å²) in [7, 11) is -3.57. The van der Waals surface area contributed by atoms with Gasteiger partial charge in [0.2, 0.25) is 15.9 Å². The lowest BCUT2D eigenvalue weighted by molar-refractivity contribution is -0.131. The minimum atomic E-state index is -3.57. The first-order valence-electron chi connectivity index (χ1n) is 9.11. The molecule has 2 heterocycles. The Kier molecular flexibility index (Phi) is 5.18. The number of piperazine rings is 1. The van der Waals surface area contributed by atoms with E-state index in [0.29, 0.717) is 31.1 Å². The average Bonchev–Trinajstić information content (AvgIpc) is 3.12. The van der Waals surface area contributed by atoms with Gasteiger partial charge in [0.1, 0.15) is 0 Å². The normalized spacial score (nSPS) is 15.8. The molecular formula is C20H21N3O3S2. The van der Waals surface area contributed by atoms with E-state index in [0.717, 1.165) is 21.5 Å². The van der Waals surface area contributed by atoms with Crippen LogP contribution in [0, 0.1) is 6.92 Å². The molecule has 0 N–H and O–H groups in total. The summed E-state index contributed by atoms with van der Waals surface area (Å²) < 4.78 is 27.5. The van der Waals surface area contributed by atoms with Crippen LogP contribution in [-0.2, 0) is 21.2 Å². The number of nitrogens with zero attached hydrogens (tertiary/aromatic N) is 3. The van der Waals surface area contributed by atoms with E-state index in [9.17, 15) is 13.2 Å². The largest absolute Gasteiger partial charge is 0.340 e. The zero-order chi connectivity index (χ0) is 19.7. The Hall–Kier alpha value is -2.29. The molecule has 1 aliphatic heterocycles. The van der Waals surface area contributed by atoms with Crippen LogP contribution in [0.1, 0.15) is 10.7 Å². The predicted molar refractivity (Wildman–Crippen MR) is 110 cm³/mol. The molecule has 1 amide bonds. The standard InChI is InChI=1S/C20H21N3O3S2/c1-15-21-18(14-27-15)13-20(24)22-8-10-23(11-9-22)28(25,26)19-7-6-16-4-2-3-5-17(16)12-19/h2-7,12,14H,8-11,13H2,1H3. The summed E-state index contributed by atoms with van der Waals surface area (Å²) in [6.45, 7) is 3.31. The van der Waals surface area contributed by atoms with Crippen LogP contribution in [0.15, 0.2) is 52.7 Å². The van der Waals surface area contributed by atoms with E-state index in [-0.39, 0.29) is 12.3 Å². The Morgan fingerprint density at radius 2 is 1.79 bits per heavy atom. The summed E-state index contributed by atoms with van der Waals surface area (Å²) >= 11 is 1.53. The van der Waals surface area contributed by atoms with Crippen molar-refractivity contribution in [1.82, 2.24) is 14.2 Å². The molecule has 146 valence electrons. The quantitative estimate of drug-likeness (QED) is 0.657. The first-order valence-corrected chi connectivity index (χ1v) is 11.4. The Labute approximate surface area is 168 Å². The Morgan fingerprint density at radius 1 is 1.07 bits per heavy atom. The van der Waals surface area contributed by atoms with Gasteiger partial charge in [-0.15, -0.1) is 11.3 Å². The van der Waals surface area contributed by atoms with Crippen LogP contribution in [0.2, 0.25) is 0 Å². The highest BCUT2D eigenvalue weighted by Crippen LogP contribution is 2.23. The molecular weight excluding hydrogens is 394 g/mol. The summed E-state index contributed by atoms with van der Waals surface area (Å²) in [6.07, 6.45) is 0.266. The number of sulfonamides is 1. The SMILES string of the molecule is Cc1nc(CC(=O)N2CCN(S(=O)(=O)c3ccc4ccccc4c3)CC2)cs1. The van der Waals surface area contributed by atoms with Gasteiger partial charge in [-0.25, -0.2) is 13.4 Å². The second-order valence-corrected chi connectivity index (χ2v) is 9.83. The van der Waals surface area contributed by atoms with E-state index in [4.69, 9.17) is 0 Å². The molecule has 0 spiro atoms. The maximum atomic E-state index is 13.0. The highest BCUT2D eigenvalue weighted by atomic mass is 32.2. The van der Waals surface area contributed by atoms with Gasteiger partial charge in [-0.2, -0.15) is 4.31 Å². The Morgan fingerprint density at radius 3 is 2.46 bits per heavy atom. The van der Waals surface area contributed by atoms with E-state index >= 15 is 0 Å². The maximum absolute atomic E-state index is 13.0. The fourth-order valence-corrected chi connectivity index (χ4v) is 5.48. The molecule has 0 radical (unpaired) electrons. The first-order chi connectivity index (χ1) is 13.4. The topological polar surface area (TPSA) is 70.6 Å². The van der Waals surface area contributed by atoms with Crippen LogP contribution in [0.4, 0.5) is 0 Å². The van der Waals surface area contributed by atoms with E-state index in [1.807, 2.05) is 42.6 Å². The molecule has 2 aromatic carbocycles. The molecule has 1 aliphatic rings. The number of hydrogen-bond acceptors (Lipinski definition) is 5. The minimum absolute atomic E-state index is 0.00643. The van der Waals surface area contributed by atoms with Crippen molar-refractivity contribution in [2.75, 3.05) is 26.2 Å². The van der Waals surface area contributed by atoms with Gasteiger partial charge in [0, 0.05) is 31.6 Å². The van der Waals surface area contributed by atoms with Crippen molar-refractivity contribution in [1.29, 1.82) is 0 Å². The lowest BCUT2D eigenvalue weighted by Gasteiger charge is -2.34. The number of benzene rings is 2. The van der Waals surface area contributed by atoms with Crippen molar-refractivity contribution in [3.05, 3.63) is 58.5 Å². The first kappa shape index (κ1) is 19.0. The third-order valence-corrected chi connectivity index (χ3v) is 7.67. The molecule has 0 aliphatic carbocycles. The molecule has 0 atom stereocenters. The fourth-order valence-electron chi connectivity index (χ4n) is 3.41. The van der Waals surface area contributed by atoms with Gasteiger partial charge in [0.25, 0.3) is 0 Å². The zero-order valence-corrected chi connectivity index (χ0v) is 17.2. The van der Waals surface area contributed by atoms with Crippen LogP contribution in [0.5, 0.6) is 0 Å². The van der Waals surface area contributed by atoms with Gasteiger partial charge in [0.15, 0.2) is 0 Å². The molecule has 1 aromatic heterocycles. The second kappa shape index (κ2) is 7.62. The maximum Gasteiger partial charge on any atom is 0.243 e. The third-order valence-electron chi connectivity index (χ3n) is 4.95. The van der Waals surface area contributed by atoms with Crippen LogP contribution in [-0.4, -0.2) is 54.7 Å². The van der Waals surface area contributed by atoms with E-state index < -0.39 is 10.0 Å². The molecule has 0 unspecified atom stereocenters. The summed E-state index contributed by atoms with van der Waals surface area (Å²) in [5, 5.41) is 4.74. The number of hydrogen-bond donors (Lipinski definition) is 0. The molecule has 8 heteroatoms. The number of carbonyl (C=O) groups is 1. The molecule has 4 rings (SSSR count). The molecule has 1 fully saturated rings. The number of rotatable bonds is 4. The second-order valence-electron chi connectivity index (χ2n) is 6.83. The Bertz CT molecular complexity index is 1120. The van der Waals surface area contributed by atoms with Gasteiger partial charge in [0.05, 0.1) is 22.0 Å². The summed E-state index contributed by atoms with van der Waals surface area (Å²) in [5.41, 5.74) is 0.777. The summed E-state index contributed by atoms with van der Waals surface area (Å²) in [4.78, 5) is 18.8. The van der Waals surface area contributed by atoms with Crippen LogP contribution in [0.3, 0.4) is 0 Å². The number of aryl methyl sites for hydroxylation is 1. The zero-order valence-electron chi connectivity index (χ0n) is 15.5. The van der Waals surface area contributed by atoms with Crippen molar-refractivity contribution in [2.24, 2.45) is 0 Å². The monoisotopic (exact) mass is 415 g/mol. The number of carbonyl (C=O) groups excluding carboxylic acids is 1. The smallest absolute Gasteiger partial charge is 0.243 e. The molecule has 0 bridgehead atoms. The van der Waals surface area contributed by atoms with Crippen LogP contribution < -0.4 is 0 Å². The van der Waals surface area contributed by atoms with Crippen molar-refractivity contribution in [3.63, 3.8) is 0 Å². The highest BCUT2D eigenvalue weighted by Gasteiger charge is 2.30.